The molecule has 0 amide bonds. The quantitative estimate of drug-likeness (QED) is 0.813. The van der Waals surface area contributed by atoms with Crippen molar-refractivity contribution in [3.63, 3.8) is 0 Å². The lowest BCUT2D eigenvalue weighted by molar-refractivity contribution is 0.181. The van der Waals surface area contributed by atoms with Crippen molar-refractivity contribution in [1.29, 1.82) is 0 Å². The lowest BCUT2D eigenvalue weighted by atomic mass is 10.1. The molecule has 0 aliphatic carbocycles. The average Bonchev–Trinajstić information content (AvgIpc) is 2.58. The highest BCUT2D eigenvalue weighted by molar-refractivity contribution is 7.89. The van der Waals surface area contributed by atoms with Crippen molar-refractivity contribution in [3.8, 4) is 0 Å². The molecule has 136 valence electrons. The van der Waals surface area contributed by atoms with Gasteiger partial charge in [-0.2, -0.15) is 4.31 Å². The van der Waals surface area contributed by atoms with Gasteiger partial charge in [-0.1, -0.05) is 36.4 Å². The molecule has 0 bridgehead atoms. The van der Waals surface area contributed by atoms with Crippen LogP contribution in [0.25, 0.3) is 0 Å². The van der Waals surface area contributed by atoms with E-state index in [0.717, 1.165) is 6.54 Å². The number of halogens is 2. The lowest BCUT2D eigenvalue weighted by Crippen LogP contribution is -2.48. The fourth-order valence-corrected chi connectivity index (χ4v) is 4.44. The molecule has 3 rings (SSSR count). The molecule has 0 saturated carbocycles. The minimum absolute atomic E-state index is 0. The fraction of sp³-hybridized carbons (Fsp3) is 0.333. The van der Waals surface area contributed by atoms with Crippen LogP contribution < -0.4 is 0 Å². The van der Waals surface area contributed by atoms with Gasteiger partial charge in [-0.05, 0) is 30.2 Å². The molecular formula is C18H22ClFN2O2S. The summed E-state index contributed by atoms with van der Waals surface area (Å²) in [6.07, 6.45) is 0. The summed E-state index contributed by atoms with van der Waals surface area (Å²) >= 11 is 0. The molecule has 1 fully saturated rings. The van der Waals surface area contributed by atoms with Crippen LogP contribution in [-0.2, 0) is 16.6 Å². The second-order valence-electron chi connectivity index (χ2n) is 6.04. The largest absolute Gasteiger partial charge is 0.296 e. The summed E-state index contributed by atoms with van der Waals surface area (Å²) < 4.78 is 40.4. The third kappa shape index (κ3) is 4.39. The zero-order chi connectivity index (χ0) is 17.2. The van der Waals surface area contributed by atoms with E-state index in [1.165, 1.54) is 33.6 Å². The van der Waals surface area contributed by atoms with Crippen molar-refractivity contribution in [2.24, 2.45) is 0 Å². The smallest absolute Gasteiger partial charge is 0.246 e. The van der Waals surface area contributed by atoms with Gasteiger partial charge in [0.1, 0.15) is 10.7 Å². The second kappa shape index (κ2) is 8.27. The normalized spacial score (nSPS) is 16.4. The maximum atomic E-state index is 13.8. The van der Waals surface area contributed by atoms with Crippen molar-refractivity contribution in [1.82, 2.24) is 9.21 Å². The first-order valence-electron chi connectivity index (χ1n) is 8.00. The summed E-state index contributed by atoms with van der Waals surface area (Å²) in [5, 5.41) is 0. The van der Waals surface area contributed by atoms with E-state index in [9.17, 15) is 12.8 Å². The monoisotopic (exact) mass is 384 g/mol. The van der Waals surface area contributed by atoms with Crippen LogP contribution in [0.2, 0.25) is 0 Å². The minimum Gasteiger partial charge on any atom is -0.296 e. The Morgan fingerprint density at radius 3 is 2.20 bits per heavy atom. The number of rotatable bonds is 4. The number of aryl methyl sites for hydroxylation is 1. The molecule has 0 N–H and O–H groups in total. The van der Waals surface area contributed by atoms with E-state index in [4.69, 9.17) is 0 Å². The fourth-order valence-electron chi connectivity index (χ4n) is 2.95. The number of nitrogens with zero attached hydrogens (tertiary/aromatic N) is 2. The number of hydrogen-bond acceptors (Lipinski definition) is 3. The van der Waals surface area contributed by atoms with Gasteiger partial charge in [-0.15, -0.1) is 12.4 Å². The highest BCUT2D eigenvalue weighted by Crippen LogP contribution is 2.21. The van der Waals surface area contributed by atoms with E-state index < -0.39 is 15.8 Å². The van der Waals surface area contributed by atoms with Crippen molar-refractivity contribution in [2.45, 2.75) is 18.4 Å². The zero-order valence-electron chi connectivity index (χ0n) is 14.1. The summed E-state index contributed by atoms with van der Waals surface area (Å²) in [5.74, 6) is -0.695. The number of benzene rings is 2. The highest BCUT2D eigenvalue weighted by atomic mass is 35.5. The predicted molar refractivity (Wildman–Crippen MR) is 98.9 cm³/mol. The van der Waals surface area contributed by atoms with Gasteiger partial charge in [0.05, 0.1) is 0 Å². The van der Waals surface area contributed by atoms with Crippen LogP contribution in [-0.4, -0.2) is 43.8 Å². The lowest BCUT2D eigenvalue weighted by Gasteiger charge is -2.34. The van der Waals surface area contributed by atoms with Crippen LogP contribution in [0, 0.1) is 12.7 Å². The van der Waals surface area contributed by atoms with E-state index in [1.54, 1.807) is 6.07 Å². The van der Waals surface area contributed by atoms with E-state index in [-0.39, 0.29) is 17.3 Å². The Balaban J connectivity index is 0.00000225. The van der Waals surface area contributed by atoms with Gasteiger partial charge in [0.2, 0.25) is 10.0 Å². The van der Waals surface area contributed by atoms with Crippen LogP contribution in [0.5, 0.6) is 0 Å². The molecule has 0 unspecified atom stereocenters. The summed E-state index contributed by atoms with van der Waals surface area (Å²) in [5.41, 5.74) is 2.49. The molecule has 4 nitrogen and oxygen atoms in total. The first-order chi connectivity index (χ1) is 11.5. The number of hydrogen-bond donors (Lipinski definition) is 0. The Bertz CT molecular complexity index is 821. The van der Waals surface area contributed by atoms with Gasteiger partial charge in [0.25, 0.3) is 0 Å². The number of sulfonamides is 1. The van der Waals surface area contributed by atoms with Crippen LogP contribution in [0.15, 0.2) is 53.4 Å². The molecule has 0 radical (unpaired) electrons. The summed E-state index contributed by atoms with van der Waals surface area (Å²) in [6, 6.07) is 13.7. The SMILES string of the molecule is Cc1ccccc1CN1CCN(S(=O)(=O)c2ccccc2F)CC1.Cl. The third-order valence-electron chi connectivity index (χ3n) is 4.44. The van der Waals surface area contributed by atoms with Gasteiger partial charge in [0.15, 0.2) is 0 Å². The molecule has 1 aliphatic heterocycles. The van der Waals surface area contributed by atoms with Crippen molar-refractivity contribution in [2.75, 3.05) is 26.2 Å². The first-order valence-corrected chi connectivity index (χ1v) is 9.44. The van der Waals surface area contributed by atoms with Gasteiger partial charge < -0.3 is 0 Å². The Labute approximate surface area is 154 Å². The molecule has 0 atom stereocenters. The van der Waals surface area contributed by atoms with Gasteiger partial charge in [-0.3, -0.25) is 4.90 Å². The molecule has 7 heteroatoms. The van der Waals surface area contributed by atoms with Crippen molar-refractivity contribution >= 4 is 22.4 Å². The second-order valence-corrected chi connectivity index (χ2v) is 7.94. The third-order valence-corrected chi connectivity index (χ3v) is 6.37. The maximum absolute atomic E-state index is 13.8. The molecule has 0 aromatic heterocycles. The van der Waals surface area contributed by atoms with E-state index >= 15 is 0 Å². The molecule has 25 heavy (non-hydrogen) atoms. The van der Waals surface area contributed by atoms with E-state index in [1.807, 2.05) is 12.1 Å². The predicted octanol–water partition coefficient (Wildman–Crippen LogP) is 3.06. The zero-order valence-corrected chi connectivity index (χ0v) is 15.7. The van der Waals surface area contributed by atoms with Crippen LogP contribution in [0.4, 0.5) is 4.39 Å². The van der Waals surface area contributed by atoms with Gasteiger partial charge in [-0.25, -0.2) is 12.8 Å². The topological polar surface area (TPSA) is 40.6 Å². The average molecular weight is 385 g/mol. The Hall–Kier alpha value is -1.47. The minimum atomic E-state index is -3.77. The molecular weight excluding hydrogens is 363 g/mol. The molecule has 1 heterocycles. The van der Waals surface area contributed by atoms with E-state index in [0.29, 0.717) is 26.2 Å². The Morgan fingerprint density at radius 1 is 0.960 bits per heavy atom. The summed E-state index contributed by atoms with van der Waals surface area (Å²) in [7, 11) is -3.77. The number of piperazine rings is 1. The van der Waals surface area contributed by atoms with E-state index in [2.05, 4.69) is 24.0 Å². The van der Waals surface area contributed by atoms with Gasteiger partial charge >= 0.3 is 0 Å². The van der Waals surface area contributed by atoms with Crippen LogP contribution >= 0.6 is 12.4 Å². The summed E-state index contributed by atoms with van der Waals surface area (Å²) in [6.45, 7) is 4.92. The molecule has 0 spiro atoms. The molecule has 1 aliphatic rings. The first kappa shape index (κ1) is 19.8. The molecule has 2 aromatic carbocycles. The Morgan fingerprint density at radius 2 is 1.56 bits per heavy atom. The molecule has 1 saturated heterocycles. The molecule has 2 aromatic rings. The van der Waals surface area contributed by atoms with Crippen molar-refractivity contribution < 1.29 is 12.8 Å². The highest BCUT2D eigenvalue weighted by Gasteiger charge is 2.30. The summed E-state index contributed by atoms with van der Waals surface area (Å²) in [4.78, 5) is 1.99. The van der Waals surface area contributed by atoms with Crippen molar-refractivity contribution in [3.05, 3.63) is 65.5 Å². The van der Waals surface area contributed by atoms with Crippen LogP contribution in [0.1, 0.15) is 11.1 Å². The standard InChI is InChI=1S/C18H21FN2O2S.ClH/c1-15-6-2-3-7-16(15)14-20-10-12-21(13-11-20)24(22,23)18-9-5-4-8-17(18)19;/h2-9H,10-14H2,1H3;1H. The maximum Gasteiger partial charge on any atom is 0.246 e. The van der Waals surface area contributed by atoms with Gasteiger partial charge in [0, 0.05) is 32.7 Å². The Kier molecular flexibility index (Phi) is 6.57. The van der Waals surface area contributed by atoms with Crippen LogP contribution in [0.3, 0.4) is 0 Å².